The minimum absolute atomic E-state index is 0.173. The van der Waals surface area contributed by atoms with E-state index in [1.807, 2.05) is 19.9 Å². The van der Waals surface area contributed by atoms with Crippen LogP contribution in [-0.2, 0) is 4.79 Å². The minimum Gasteiger partial charge on any atom is -0.480 e. The summed E-state index contributed by atoms with van der Waals surface area (Å²) in [5, 5.41) is 29.0. The van der Waals surface area contributed by atoms with Crippen molar-refractivity contribution in [2.45, 2.75) is 39.3 Å². The summed E-state index contributed by atoms with van der Waals surface area (Å²) in [5.41, 5.74) is 0. The number of urea groups is 1. The Kier molecular flexibility index (Phi) is 7.53. The van der Waals surface area contributed by atoms with Gasteiger partial charge in [0.2, 0.25) is 0 Å². The van der Waals surface area contributed by atoms with Crippen molar-refractivity contribution in [3.8, 4) is 6.07 Å². The summed E-state index contributed by atoms with van der Waals surface area (Å²) >= 11 is 0. The molecule has 19 heavy (non-hydrogen) atoms. The number of carbonyl (C=O) groups is 2. The molecule has 0 rings (SSSR count). The molecule has 2 amide bonds. The van der Waals surface area contributed by atoms with E-state index in [0.717, 1.165) is 0 Å². The first kappa shape index (κ1) is 17.2. The van der Waals surface area contributed by atoms with Gasteiger partial charge in [0.25, 0.3) is 0 Å². The van der Waals surface area contributed by atoms with E-state index in [2.05, 4.69) is 5.32 Å². The van der Waals surface area contributed by atoms with Crippen LogP contribution in [0.25, 0.3) is 0 Å². The monoisotopic (exact) mass is 271 g/mol. The highest BCUT2D eigenvalue weighted by atomic mass is 16.4. The third-order valence-corrected chi connectivity index (χ3v) is 2.39. The first-order chi connectivity index (χ1) is 8.79. The van der Waals surface area contributed by atoms with Crippen LogP contribution < -0.4 is 5.32 Å². The van der Waals surface area contributed by atoms with Crippen LogP contribution in [0.15, 0.2) is 0 Å². The largest absolute Gasteiger partial charge is 0.480 e. The van der Waals surface area contributed by atoms with Crippen LogP contribution in [0.3, 0.4) is 0 Å². The van der Waals surface area contributed by atoms with Gasteiger partial charge in [-0.25, -0.2) is 9.59 Å². The number of aliphatic hydroxyl groups is 1. The van der Waals surface area contributed by atoms with E-state index in [9.17, 15) is 14.7 Å². The number of rotatable bonds is 7. The van der Waals surface area contributed by atoms with Gasteiger partial charge in [-0.3, -0.25) is 0 Å². The summed E-state index contributed by atoms with van der Waals surface area (Å²) < 4.78 is 0. The van der Waals surface area contributed by atoms with Crippen LogP contribution in [0.4, 0.5) is 4.79 Å². The third-order valence-electron chi connectivity index (χ3n) is 2.39. The minimum atomic E-state index is -1.36. The maximum atomic E-state index is 11.9. The maximum absolute atomic E-state index is 11.9. The zero-order chi connectivity index (χ0) is 15.0. The highest BCUT2D eigenvalue weighted by molar-refractivity contribution is 5.83. The van der Waals surface area contributed by atoms with Gasteiger partial charge in [0.05, 0.1) is 18.6 Å². The molecule has 0 unspecified atom stereocenters. The number of amides is 2. The van der Waals surface area contributed by atoms with E-state index in [-0.39, 0.29) is 18.9 Å². The van der Waals surface area contributed by atoms with Crippen molar-refractivity contribution < 1.29 is 19.8 Å². The van der Waals surface area contributed by atoms with Gasteiger partial charge >= 0.3 is 12.0 Å². The Hall–Kier alpha value is -1.81. The molecule has 0 aliphatic carbocycles. The van der Waals surface area contributed by atoms with Crippen LogP contribution in [-0.4, -0.2) is 52.3 Å². The van der Waals surface area contributed by atoms with Crippen molar-refractivity contribution in [2.24, 2.45) is 5.92 Å². The standard InChI is InChI=1S/C12H21N3O4/c1-8(2)7-15(6-4-5-13)12(19)14-10(9(3)16)11(17)18/h8-10,16H,4,6-7H2,1-3H3,(H,14,19)(H,17,18)/t9-,10+/m1/s1. The average Bonchev–Trinajstić information content (AvgIpc) is 2.29. The number of nitrogens with one attached hydrogen (secondary N) is 1. The fourth-order valence-electron chi connectivity index (χ4n) is 1.51. The predicted molar refractivity (Wildman–Crippen MR) is 68.3 cm³/mol. The Morgan fingerprint density at radius 3 is 2.32 bits per heavy atom. The molecule has 0 aromatic rings. The number of aliphatic carboxylic acids is 1. The number of carbonyl (C=O) groups excluding carboxylic acids is 1. The first-order valence-corrected chi connectivity index (χ1v) is 6.12. The lowest BCUT2D eigenvalue weighted by atomic mass is 10.2. The normalized spacial score (nSPS) is 13.5. The van der Waals surface area contributed by atoms with Gasteiger partial charge in [-0.2, -0.15) is 5.26 Å². The fraction of sp³-hybridized carbons (Fsp3) is 0.750. The van der Waals surface area contributed by atoms with Crippen LogP contribution >= 0.6 is 0 Å². The molecule has 0 heterocycles. The summed E-state index contributed by atoms with van der Waals surface area (Å²) in [6.45, 7) is 5.76. The quantitative estimate of drug-likeness (QED) is 0.620. The van der Waals surface area contributed by atoms with E-state index in [1.54, 1.807) is 0 Å². The molecule has 0 saturated carbocycles. The number of nitrogens with zero attached hydrogens (tertiary/aromatic N) is 2. The van der Waals surface area contributed by atoms with Gasteiger partial charge in [-0.05, 0) is 12.8 Å². The molecule has 108 valence electrons. The van der Waals surface area contributed by atoms with Crippen LogP contribution in [0, 0.1) is 17.2 Å². The van der Waals surface area contributed by atoms with Gasteiger partial charge in [0.1, 0.15) is 0 Å². The van der Waals surface area contributed by atoms with E-state index in [4.69, 9.17) is 10.4 Å². The molecule has 7 heteroatoms. The summed E-state index contributed by atoms with van der Waals surface area (Å²) in [6.07, 6.45) is -1.02. The third kappa shape index (κ3) is 6.62. The van der Waals surface area contributed by atoms with Crippen molar-refractivity contribution in [1.29, 1.82) is 5.26 Å². The summed E-state index contributed by atoms with van der Waals surface area (Å²) in [5.74, 6) is -1.10. The van der Waals surface area contributed by atoms with E-state index in [1.165, 1.54) is 11.8 Å². The topological polar surface area (TPSA) is 114 Å². The summed E-state index contributed by atoms with van der Waals surface area (Å²) in [6, 6.07) is -0.00529. The maximum Gasteiger partial charge on any atom is 0.328 e. The number of hydrogen-bond donors (Lipinski definition) is 3. The second-order valence-electron chi connectivity index (χ2n) is 4.75. The smallest absolute Gasteiger partial charge is 0.328 e. The lowest BCUT2D eigenvalue weighted by Crippen LogP contribution is -2.53. The van der Waals surface area contributed by atoms with Crippen LogP contribution in [0.2, 0.25) is 0 Å². The molecule has 0 aliphatic rings. The van der Waals surface area contributed by atoms with Crippen molar-refractivity contribution in [1.82, 2.24) is 10.2 Å². The van der Waals surface area contributed by atoms with Crippen LogP contribution in [0.1, 0.15) is 27.2 Å². The molecule has 0 aromatic carbocycles. The predicted octanol–water partition coefficient (Wildman–Crippen LogP) is 0.402. The van der Waals surface area contributed by atoms with Gasteiger partial charge in [-0.1, -0.05) is 13.8 Å². The molecule has 0 aliphatic heterocycles. The zero-order valence-electron chi connectivity index (χ0n) is 11.5. The molecule has 0 spiro atoms. The van der Waals surface area contributed by atoms with E-state index in [0.29, 0.717) is 6.54 Å². The SMILES string of the molecule is CC(C)CN(CCC#N)C(=O)N[C@H](C(=O)O)[C@@H](C)O. The number of carboxylic acid groups (broad SMARTS) is 1. The molecule has 0 radical (unpaired) electrons. The Morgan fingerprint density at radius 1 is 1.37 bits per heavy atom. The van der Waals surface area contributed by atoms with Crippen molar-refractivity contribution in [3.63, 3.8) is 0 Å². The second kappa shape index (κ2) is 8.32. The molecular formula is C12H21N3O4. The lowest BCUT2D eigenvalue weighted by molar-refractivity contribution is -0.141. The van der Waals surface area contributed by atoms with Gasteiger partial charge in [-0.15, -0.1) is 0 Å². The Bertz CT molecular complexity index is 349. The highest BCUT2D eigenvalue weighted by Crippen LogP contribution is 2.02. The molecule has 0 fully saturated rings. The zero-order valence-corrected chi connectivity index (χ0v) is 11.5. The summed E-state index contributed by atoms with van der Waals surface area (Å²) in [7, 11) is 0. The number of hydrogen-bond acceptors (Lipinski definition) is 4. The second-order valence-corrected chi connectivity index (χ2v) is 4.75. The van der Waals surface area contributed by atoms with Gasteiger partial charge in [0, 0.05) is 13.1 Å². The van der Waals surface area contributed by atoms with Crippen LogP contribution in [0.5, 0.6) is 0 Å². The molecule has 0 bridgehead atoms. The number of nitriles is 1. The summed E-state index contributed by atoms with van der Waals surface area (Å²) in [4.78, 5) is 24.2. The molecule has 7 nitrogen and oxygen atoms in total. The highest BCUT2D eigenvalue weighted by Gasteiger charge is 2.27. The Labute approximate surface area is 112 Å². The molecular weight excluding hydrogens is 250 g/mol. The molecule has 0 aromatic heterocycles. The van der Waals surface area contributed by atoms with Crippen molar-refractivity contribution in [2.75, 3.05) is 13.1 Å². The number of aliphatic hydroxyl groups excluding tert-OH is 1. The Morgan fingerprint density at radius 2 is 1.95 bits per heavy atom. The fourth-order valence-corrected chi connectivity index (χ4v) is 1.51. The van der Waals surface area contributed by atoms with E-state index < -0.39 is 24.1 Å². The molecule has 3 N–H and O–H groups in total. The number of carboxylic acids is 1. The average molecular weight is 271 g/mol. The van der Waals surface area contributed by atoms with Crippen molar-refractivity contribution >= 4 is 12.0 Å². The Balaban J connectivity index is 4.69. The molecule has 2 atom stereocenters. The molecule has 0 saturated heterocycles. The van der Waals surface area contributed by atoms with Crippen molar-refractivity contribution in [3.05, 3.63) is 0 Å². The van der Waals surface area contributed by atoms with Gasteiger partial charge in [0.15, 0.2) is 6.04 Å². The van der Waals surface area contributed by atoms with Gasteiger partial charge < -0.3 is 20.4 Å². The first-order valence-electron chi connectivity index (χ1n) is 6.12. The lowest BCUT2D eigenvalue weighted by Gasteiger charge is -2.26. The van der Waals surface area contributed by atoms with E-state index >= 15 is 0 Å².